The van der Waals surface area contributed by atoms with Crippen molar-refractivity contribution in [3.05, 3.63) is 23.8 Å². The van der Waals surface area contributed by atoms with Gasteiger partial charge in [0.1, 0.15) is 0 Å². The van der Waals surface area contributed by atoms with E-state index >= 15 is 0 Å². The van der Waals surface area contributed by atoms with E-state index in [0.717, 1.165) is 31.7 Å². The molecule has 122 valence electrons. The van der Waals surface area contributed by atoms with Gasteiger partial charge >= 0.3 is 0 Å². The lowest BCUT2D eigenvalue weighted by Crippen LogP contribution is -2.46. The quantitative estimate of drug-likeness (QED) is 0.841. The Morgan fingerprint density at radius 2 is 2.14 bits per heavy atom. The van der Waals surface area contributed by atoms with Gasteiger partial charge in [0.25, 0.3) is 0 Å². The van der Waals surface area contributed by atoms with Crippen molar-refractivity contribution in [2.45, 2.75) is 26.7 Å². The predicted octanol–water partition coefficient (Wildman–Crippen LogP) is 1.79. The van der Waals surface area contributed by atoms with Crippen molar-refractivity contribution in [2.24, 2.45) is 5.92 Å². The largest absolute Gasteiger partial charge is 0.504 e. The zero-order valence-electron chi connectivity index (χ0n) is 13.5. The van der Waals surface area contributed by atoms with Crippen LogP contribution in [-0.2, 0) is 11.2 Å². The van der Waals surface area contributed by atoms with E-state index in [-0.39, 0.29) is 17.6 Å². The molecule has 2 N–H and O–H groups in total. The molecular formula is C17H26N2O3. The Morgan fingerprint density at radius 1 is 1.41 bits per heavy atom. The summed E-state index contributed by atoms with van der Waals surface area (Å²) in [5.74, 6) is 1.10. The van der Waals surface area contributed by atoms with Crippen LogP contribution in [0.5, 0.6) is 11.5 Å². The number of nitrogens with zero attached hydrogens (tertiary/aromatic N) is 1. The lowest BCUT2D eigenvalue weighted by molar-refractivity contribution is -0.132. The maximum Gasteiger partial charge on any atom is 0.222 e. The number of para-hydroxylation sites is 1. The second kappa shape index (κ2) is 8.03. The van der Waals surface area contributed by atoms with Crippen LogP contribution in [0.15, 0.2) is 18.2 Å². The molecule has 0 spiro atoms. The van der Waals surface area contributed by atoms with E-state index in [0.29, 0.717) is 25.2 Å². The Hall–Kier alpha value is -1.75. The Balaban J connectivity index is 1.92. The molecule has 0 aliphatic carbocycles. The van der Waals surface area contributed by atoms with Crippen LogP contribution in [0.3, 0.4) is 0 Å². The smallest absolute Gasteiger partial charge is 0.222 e. The highest BCUT2D eigenvalue weighted by Crippen LogP contribution is 2.31. The molecule has 1 heterocycles. The average Bonchev–Trinajstić information content (AvgIpc) is 2.52. The number of carbonyl (C=O) groups excluding carboxylic acids is 1. The number of phenols is 1. The lowest BCUT2D eigenvalue weighted by Gasteiger charge is -2.28. The van der Waals surface area contributed by atoms with Gasteiger partial charge in [0, 0.05) is 32.6 Å². The fraction of sp³-hybridized carbons (Fsp3) is 0.588. The van der Waals surface area contributed by atoms with Gasteiger partial charge in [0.2, 0.25) is 5.91 Å². The van der Waals surface area contributed by atoms with Crippen molar-refractivity contribution in [2.75, 3.05) is 32.8 Å². The van der Waals surface area contributed by atoms with Gasteiger partial charge < -0.3 is 20.1 Å². The van der Waals surface area contributed by atoms with E-state index < -0.39 is 0 Å². The first-order chi connectivity index (χ1) is 10.6. The highest BCUT2D eigenvalue weighted by molar-refractivity contribution is 5.76. The Labute approximate surface area is 132 Å². The predicted molar refractivity (Wildman–Crippen MR) is 86.2 cm³/mol. The topological polar surface area (TPSA) is 61.8 Å². The summed E-state index contributed by atoms with van der Waals surface area (Å²) in [5.41, 5.74) is 0.839. The minimum atomic E-state index is 0.185. The van der Waals surface area contributed by atoms with Gasteiger partial charge in [0.15, 0.2) is 11.5 Å². The molecule has 1 fully saturated rings. The molecular weight excluding hydrogens is 280 g/mol. The molecule has 1 saturated heterocycles. The molecule has 0 bridgehead atoms. The summed E-state index contributed by atoms with van der Waals surface area (Å²) >= 11 is 0. The second-order valence-electron chi connectivity index (χ2n) is 5.84. The molecule has 0 radical (unpaired) electrons. The molecule has 2 rings (SSSR count). The maximum atomic E-state index is 12.3. The Kier molecular flexibility index (Phi) is 6.07. The van der Waals surface area contributed by atoms with Crippen LogP contribution < -0.4 is 10.1 Å². The average molecular weight is 306 g/mol. The van der Waals surface area contributed by atoms with E-state index in [1.165, 1.54) is 0 Å². The van der Waals surface area contributed by atoms with Crippen molar-refractivity contribution in [1.82, 2.24) is 10.2 Å². The number of hydrogen-bond donors (Lipinski definition) is 2. The van der Waals surface area contributed by atoms with Crippen LogP contribution in [0.2, 0.25) is 0 Å². The number of nitrogens with one attached hydrogen (secondary N) is 1. The number of benzene rings is 1. The molecule has 5 nitrogen and oxygen atoms in total. The molecule has 1 aromatic carbocycles. The van der Waals surface area contributed by atoms with Crippen molar-refractivity contribution < 1.29 is 14.6 Å². The van der Waals surface area contributed by atoms with Gasteiger partial charge in [-0.05, 0) is 30.9 Å². The molecule has 0 saturated carbocycles. The van der Waals surface area contributed by atoms with Gasteiger partial charge in [-0.1, -0.05) is 19.1 Å². The summed E-state index contributed by atoms with van der Waals surface area (Å²) in [4.78, 5) is 14.2. The summed E-state index contributed by atoms with van der Waals surface area (Å²) < 4.78 is 5.40. The molecule has 1 atom stereocenters. The van der Waals surface area contributed by atoms with Crippen LogP contribution in [0.25, 0.3) is 0 Å². The van der Waals surface area contributed by atoms with Gasteiger partial charge in [0.05, 0.1) is 6.61 Å². The number of hydrogen-bond acceptors (Lipinski definition) is 4. The number of aromatic hydroxyl groups is 1. The molecule has 0 aromatic heterocycles. The summed E-state index contributed by atoms with van der Waals surface area (Å²) in [6, 6.07) is 5.54. The van der Waals surface area contributed by atoms with E-state index in [1.807, 2.05) is 30.9 Å². The van der Waals surface area contributed by atoms with E-state index in [4.69, 9.17) is 4.74 Å². The minimum Gasteiger partial charge on any atom is -0.504 e. The first kappa shape index (κ1) is 16.6. The summed E-state index contributed by atoms with van der Waals surface area (Å²) in [7, 11) is 0. The molecule has 22 heavy (non-hydrogen) atoms. The van der Waals surface area contributed by atoms with Gasteiger partial charge in [-0.2, -0.15) is 0 Å². The monoisotopic (exact) mass is 306 g/mol. The summed E-state index contributed by atoms with van der Waals surface area (Å²) in [6.07, 6.45) is 1.18. The van der Waals surface area contributed by atoms with E-state index in [9.17, 15) is 9.90 Å². The summed E-state index contributed by atoms with van der Waals surface area (Å²) in [6.45, 7) is 7.78. The van der Waals surface area contributed by atoms with Crippen molar-refractivity contribution in [3.8, 4) is 11.5 Å². The number of amides is 1. The third kappa shape index (κ3) is 4.37. The minimum absolute atomic E-state index is 0.185. The fourth-order valence-corrected chi connectivity index (χ4v) is 2.79. The number of rotatable bonds is 6. The first-order valence-corrected chi connectivity index (χ1v) is 8.04. The van der Waals surface area contributed by atoms with Gasteiger partial charge in [-0.15, -0.1) is 0 Å². The number of ether oxygens (including phenoxy) is 1. The maximum absolute atomic E-state index is 12.3. The Morgan fingerprint density at radius 3 is 2.82 bits per heavy atom. The van der Waals surface area contributed by atoms with Crippen LogP contribution in [0, 0.1) is 5.92 Å². The molecule has 1 amide bonds. The number of phenolic OH excluding ortho intramolecular Hbond substituents is 1. The zero-order valence-corrected chi connectivity index (χ0v) is 13.5. The molecule has 5 heteroatoms. The number of piperazine rings is 1. The van der Waals surface area contributed by atoms with Crippen LogP contribution in [0.4, 0.5) is 0 Å². The zero-order chi connectivity index (χ0) is 15.9. The lowest BCUT2D eigenvalue weighted by atomic mass is 9.96. The highest BCUT2D eigenvalue weighted by atomic mass is 16.5. The summed E-state index contributed by atoms with van der Waals surface area (Å²) in [5, 5.41) is 13.5. The van der Waals surface area contributed by atoms with Crippen molar-refractivity contribution in [3.63, 3.8) is 0 Å². The molecule has 1 aliphatic rings. The molecule has 1 aromatic rings. The normalized spacial score (nSPS) is 16.4. The SMILES string of the molecule is CCOc1cccc(CC(C)CC(=O)N2CCNCC2)c1O. The fourth-order valence-electron chi connectivity index (χ4n) is 2.79. The molecule has 1 unspecified atom stereocenters. The second-order valence-corrected chi connectivity index (χ2v) is 5.84. The van der Waals surface area contributed by atoms with Gasteiger partial charge in [-0.3, -0.25) is 4.79 Å². The molecule has 1 aliphatic heterocycles. The number of carbonyl (C=O) groups is 1. The van der Waals surface area contributed by atoms with Gasteiger partial charge in [-0.25, -0.2) is 0 Å². The standard InChI is InChI=1S/C17H26N2O3/c1-3-22-15-6-4-5-14(17(15)21)11-13(2)12-16(20)19-9-7-18-8-10-19/h4-6,13,18,21H,3,7-12H2,1-2H3. The first-order valence-electron chi connectivity index (χ1n) is 8.04. The third-order valence-corrected chi connectivity index (χ3v) is 3.94. The van der Waals surface area contributed by atoms with Crippen molar-refractivity contribution in [1.29, 1.82) is 0 Å². The third-order valence-electron chi connectivity index (χ3n) is 3.94. The van der Waals surface area contributed by atoms with Crippen molar-refractivity contribution >= 4 is 5.91 Å². The van der Waals surface area contributed by atoms with E-state index in [1.54, 1.807) is 6.07 Å². The van der Waals surface area contributed by atoms with E-state index in [2.05, 4.69) is 5.32 Å². The van der Waals surface area contributed by atoms with Crippen LogP contribution in [0.1, 0.15) is 25.8 Å². The highest BCUT2D eigenvalue weighted by Gasteiger charge is 2.19. The van der Waals surface area contributed by atoms with Crippen LogP contribution >= 0.6 is 0 Å². The van der Waals surface area contributed by atoms with Crippen LogP contribution in [-0.4, -0.2) is 48.7 Å². The Bertz CT molecular complexity index is 499.